The van der Waals surface area contributed by atoms with Crippen molar-refractivity contribution >= 4 is 21.9 Å². The molecule has 0 saturated carbocycles. The van der Waals surface area contributed by atoms with Crippen molar-refractivity contribution in [3.8, 4) is 5.75 Å². The number of halogens is 2. The lowest BCUT2D eigenvalue weighted by molar-refractivity contribution is 0.0593. The number of esters is 1. The number of rotatable bonds is 2. The van der Waals surface area contributed by atoms with E-state index in [0.717, 1.165) is 13.2 Å². The van der Waals surface area contributed by atoms with Crippen LogP contribution >= 0.6 is 15.9 Å². The summed E-state index contributed by atoms with van der Waals surface area (Å²) in [4.78, 5) is 11.3. The van der Waals surface area contributed by atoms with E-state index in [9.17, 15) is 9.18 Å². The van der Waals surface area contributed by atoms with E-state index in [2.05, 4.69) is 25.4 Å². The average molecular weight is 266 g/mol. The van der Waals surface area contributed by atoms with E-state index >= 15 is 0 Å². The Hall–Kier alpha value is -1.10. The van der Waals surface area contributed by atoms with Gasteiger partial charge in [0.25, 0.3) is 0 Å². The minimum Gasteiger partial charge on any atom is -0.494 e. The van der Waals surface area contributed by atoms with Gasteiger partial charge in [-0.2, -0.15) is 0 Å². The van der Waals surface area contributed by atoms with Crippen LogP contribution in [0.1, 0.15) is 14.5 Å². The monoisotopic (exact) mass is 265 g/mol. The molecule has 76 valence electrons. The largest absolute Gasteiger partial charge is 0.494 e. The summed E-state index contributed by atoms with van der Waals surface area (Å²) in [5.41, 5.74) is -0.408. The van der Waals surface area contributed by atoms with Crippen molar-refractivity contribution in [3.05, 3.63) is 28.0 Å². The summed E-state index contributed by atoms with van der Waals surface area (Å²) in [7, 11) is -1.70. The minimum atomic E-state index is -2.79. The first kappa shape index (κ1) is 7.23. The first-order chi connectivity index (χ1) is 7.76. The Labute approximate surface area is 93.2 Å². The zero-order valence-corrected chi connectivity index (χ0v) is 8.72. The molecule has 0 aliphatic rings. The summed E-state index contributed by atoms with van der Waals surface area (Å²) < 4.78 is 43.3. The molecule has 0 fully saturated rings. The first-order valence-electron chi connectivity index (χ1n) is 5.01. The normalized spacial score (nSPS) is 13.8. The molecule has 1 aromatic carbocycles. The van der Waals surface area contributed by atoms with E-state index < -0.39 is 30.1 Å². The fourth-order valence-electron chi connectivity index (χ4n) is 0.901. The number of methoxy groups -OCH3 is 2. The van der Waals surface area contributed by atoms with E-state index in [1.54, 1.807) is 0 Å². The zero-order chi connectivity index (χ0) is 13.2. The van der Waals surface area contributed by atoms with Gasteiger partial charge < -0.3 is 9.47 Å². The van der Waals surface area contributed by atoms with E-state index in [-0.39, 0.29) is 4.47 Å². The minimum absolute atomic E-state index is 0.153. The van der Waals surface area contributed by atoms with Crippen molar-refractivity contribution in [1.82, 2.24) is 0 Å². The smallest absolute Gasteiger partial charge is 0.342 e. The van der Waals surface area contributed by atoms with E-state index in [0.29, 0.717) is 0 Å². The third-order valence-electron chi connectivity index (χ3n) is 1.56. The van der Waals surface area contributed by atoms with Crippen LogP contribution in [0.2, 0.25) is 0 Å². The molecule has 0 amide bonds. The molecule has 0 heterocycles. The van der Waals surface area contributed by atoms with Crippen LogP contribution in [0.15, 0.2) is 16.6 Å². The second kappa shape index (κ2) is 4.41. The molecular weight excluding hydrogens is 255 g/mol. The molecule has 0 atom stereocenters. The SMILES string of the molecule is [2H]C([2H])([2H])Oc1ccc(Br)c(C(=O)OC)c1F. The first-order valence-corrected chi connectivity index (χ1v) is 4.31. The zero-order valence-electron chi connectivity index (χ0n) is 10.1. The van der Waals surface area contributed by atoms with Gasteiger partial charge in [0.1, 0.15) is 5.56 Å². The van der Waals surface area contributed by atoms with Gasteiger partial charge in [-0.25, -0.2) is 9.18 Å². The van der Waals surface area contributed by atoms with Crippen molar-refractivity contribution in [3.63, 3.8) is 0 Å². The molecule has 1 aromatic rings. The van der Waals surface area contributed by atoms with E-state index in [1.807, 2.05) is 0 Å². The molecule has 0 aromatic heterocycles. The Morgan fingerprint density at radius 3 is 2.93 bits per heavy atom. The van der Waals surface area contributed by atoms with Crippen LogP contribution in [0, 0.1) is 5.82 Å². The van der Waals surface area contributed by atoms with Crippen LogP contribution in [0.25, 0.3) is 0 Å². The summed E-state index contributed by atoms with van der Waals surface area (Å²) in [5.74, 6) is -2.54. The molecule has 5 heteroatoms. The van der Waals surface area contributed by atoms with Crippen LogP contribution < -0.4 is 4.74 Å². The Balaban J connectivity index is 3.24. The maximum absolute atomic E-state index is 13.8. The van der Waals surface area contributed by atoms with Crippen molar-refractivity contribution in [2.75, 3.05) is 14.1 Å². The molecule has 0 saturated heterocycles. The number of hydrogen-bond acceptors (Lipinski definition) is 3. The highest BCUT2D eigenvalue weighted by atomic mass is 79.9. The van der Waals surface area contributed by atoms with Gasteiger partial charge in [0.15, 0.2) is 11.6 Å². The van der Waals surface area contributed by atoms with Crippen LogP contribution in [0.5, 0.6) is 5.75 Å². The summed E-state index contributed by atoms with van der Waals surface area (Å²) in [6.45, 7) is 0. The molecular formula is C9H8BrFO3. The highest BCUT2D eigenvalue weighted by Crippen LogP contribution is 2.27. The lowest BCUT2D eigenvalue weighted by Crippen LogP contribution is -2.06. The Kier molecular flexibility index (Phi) is 2.28. The highest BCUT2D eigenvalue weighted by Gasteiger charge is 2.19. The van der Waals surface area contributed by atoms with Gasteiger partial charge in [-0.05, 0) is 28.1 Å². The van der Waals surface area contributed by atoms with Gasteiger partial charge in [0.05, 0.1) is 18.3 Å². The molecule has 0 spiro atoms. The third-order valence-corrected chi connectivity index (χ3v) is 2.22. The summed E-state index contributed by atoms with van der Waals surface area (Å²) >= 11 is 2.97. The Bertz CT molecular complexity index is 448. The molecule has 0 aliphatic heterocycles. The Morgan fingerprint density at radius 1 is 1.64 bits per heavy atom. The molecule has 0 radical (unpaired) electrons. The fraction of sp³-hybridized carbons (Fsp3) is 0.222. The molecule has 0 unspecified atom stereocenters. The molecule has 0 bridgehead atoms. The summed E-state index contributed by atoms with van der Waals surface area (Å²) in [6.07, 6.45) is 0. The molecule has 14 heavy (non-hydrogen) atoms. The van der Waals surface area contributed by atoms with Gasteiger partial charge in [-0.3, -0.25) is 0 Å². The second-order valence-corrected chi connectivity index (χ2v) is 3.18. The second-order valence-electron chi connectivity index (χ2n) is 2.33. The van der Waals surface area contributed by atoms with Crippen LogP contribution in [0.3, 0.4) is 0 Å². The Morgan fingerprint density at radius 2 is 2.36 bits per heavy atom. The average Bonchev–Trinajstić information content (AvgIpc) is 2.20. The topological polar surface area (TPSA) is 35.5 Å². The number of benzene rings is 1. The van der Waals surface area contributed by atoms with Crippen molar-refractivity contribution < 1.29 is 22.8 Å². The predicted octanol–water partition coefficient (Wildman–Crippen LogP) is 2.38. The number of hydrogen-bond donors (Lipinski definition) is 0. The van der Waals surface area contributed by atoms with Crippen molar-refractivity contribution in [2.45, 2.75) is 0 Å². The lowest BCUT2D eigenvalue weighted by Gasteiger charge is -2.07. The molecule has 3 nitrogen and oxygen atoms in total. The lowest BCUT2D eigenvalue weighted by atomic mass is 10.2. The quantitative estimate of drug-likeness (QED) is 0.771. The van der Waals surface area contributed by atoms with Gasteiger partial charge >= 0.3 is 5.97 Å². The van der Waals surface area contributed by atoms with Crippen LogP contribution in [-0.4, -0.2) is 20.1 Å². The maximum atomic E-state index is 13.8. The standard InChI is InChI=1S/C9H8BrFO3/c1-13-6-4-3-5(10)7(8(6)11)9(12)14-2/h3-4H,1-2H3/i1D3. The molecule has 0 N–H and O–H groups in total. The highest BCUT2D eigenvalue weighted by molar-refractivity contribution is 9.10. The van der Waals surface area contributed by atoms with E-state index in [4.69, 9.17) is 4.11 Å². The number of carbonyl (C=O) groups excluding carboxylic acids is 1. The summed E-state index contributed by atoms with van der Waals surface area (Å²) in [6, 6.07) is 2.41. The summed E-state index contributed by atoms with van der Waals surface area (Å²) in [5, 5.41) is 0. The maximum Gasteiger partial charge on any atom is 0.342 e. The van der Waals surface area contributed by atoms with Crippen LogP contribution in [-0.2, 0) is 4.74 Å². The molecule has 0 aliphatic carbocycles. The van der Waals surface area contributed by atoms with Gasteiger partial charge in [0, 0.05) is 4.47 Å². The number of ether oxygens (including phenoxy) is 2. The van der Waals surface area contributed by atoms with Crippen molar-refractivity contribution in [2.24, 2.45) is 0 Å². The number of carbonyl (C=O) groups is 1. The van der Waals surface area contributed by atoms with Crippen molar-refractivity contribution in [1.29, 1.82) is 0 Å². The van der Waals surface area contributed by atoms with Crippen LogP contribution in [0.4, 0.5) is 4.39 Å². The predicted molar refractivity (Wildman–Crippen MR) is 52.0 cm³/mol. The third kappa shape index (κ3) is 1.87. The van der Waals surface area contributed by atoms with Gasteiger partial charge in [-0.1, -0.05) is 0 Å². The van der Waals surface area contributed by atoms with E-state index in [1.165, 1.54) is 6.07 Å². The fourth-order valence-corrected chi connectivity index (χ4v) is 1.37. The molecule has 1 rings (SSSR count). The van der Waals surface area contributed by atoms with Gasteiger partial charge in [0.2, 0.25) is 0 Å². The van der Waals surface area contributed by atoms with Gasteiger partial charge in [-0.15, -0.1) is 0 Å².